The van der Waals surface area contributed by atoms with E-state index >= 15 is 0 Å². The fraction of sp³-hybridized carbons (Fsp3) is 0.267. The summed E-state index contributed by atoms with van der Waals surface area (Å²) in [5.41, 5.74) is 0.711. The lowest BCUT2D eigenvalue weighted by Crippen LogP contribution is -2.36. The Bertz CT molecular complexity index is 532. The van der Waals surface area contributed by atoms with Gasteiger partial charge >= 0.3 is 0 Å². The van der Waals surface area contributed by atoms with Crippen LogP contribution in [-0.2, 0) is 6.54 Å². The lowest BCUT2D eigenvalue weighted by molar-refractivity contribution is 0.0692. The molecule has 1 aromatic heterocycles. The van der Waals surface area contributed by atoms with E-state index in [-0.39, 0.29) is 11.9 Å². The van der Waals surface area contributed by atoms with E-state index in [0.717, 1.165) is 4.90 Å². The second-order valence-corrected chi connectivity index (χ2v) is 6.20. The first kappa shape index (κ1) is 14.2. The monoisotopic (exact) mass is 291 g/mol. The Hall–Kier alpha value is -1.26. The van der Waals surface area contributed by atoms with Crippen LogP contribution in [0.15, 0.2) is 46.7 Å². The van der Waals surface area contributed by atoms with Gasteiger partial charge in [0, 0.05) is 21.4 Å². The molecule has 1 aromatic carbocycles. The minimum atomic E-state index is 0.0664. The van der Waals surface area contributed by atoms with E-state index in [2.05, 4.69) is 18.7 Å². The van der Waals surface area contributed by atoms with Crippen molar-refractivity contribution in [3.8, 4) is 0 Å². The predicted molar refractivity (Wildman–Crippen MR) is 83.0 cm³/mol. The Morgan fingerprint density at radius 3 is 2.47 bits per heavy atom. The van der Waals surface area contributed by atoms with Gasteiger partial charge in [-0.25, -0.2) is 0 Å². The van der Waals surface area contributed by atoms with Gasteiger partial charge in [-0.2, -0.15) is 0 Å². The number of hydrogen-bond donors (Lipinski definition) is 1. The lowest BCUT2D eigenvalue weighted by atomic mass is 10.1. The Labute approximate surface area is 123 Å². The summed E-state index contributed by atoms with van der Waals surface area (Å²) < 4.78 is 0. The maximum absolute atomic E-state index is 12.5. The SMILES string of the molecule is CC(C)N(Cc1cccs1)C(=O)c1ccc(S)cc1. The molecule has 2 aromatic rings. The van der Waals surface area contributed by atoms with Crippen molar-refractivity contribution in [1.82, 2.24) is 4.90 Å². The predicted octanol–water partition coefficient (Wildman–Crippen LogP) is 4.09. The minimum Gasteiger partial charge on any atom is -0.331 e. The molecule has 0 aliphatic heterocycles. The van der Waals surface area contributed by atoms with E-state index < -0.39 is 0 Å². The summed E-state index contributed by atoms with van der Waals surface area (Å²) in [6.45, 7) is 4.74. The average Bonchev–Trinajstić information content (AvgIpc) is 2.88. The summed E-state index contributed by atoms with van der Waals surface area (Å²) in [7, 11) is 0. The van der Waals surface area contributed by atoms with E-state index in [1.807, 2.05) is 54.5 Å². The first-order chi connectivity index (χ1) is 9.08. The molecule has 0 saturated carbocycles. The Morgan fingerprint density at radius 1 is 1.26 bits per heavy atom. The molecule has 0 aliphatic carbocycles. The highest BCUT2D eigenvalue weighted by Gasteiger charge is 2.19. The summed E-state index contributed by atoms with van der Waals surface area (Å²) in [6, 6.07) is 11.6. The van der Waals surface area contributed by atoms with E-state index in [1.54, 1.807) is 11.3 Å². The van der Waals surface area contributed by atoms with Crippen LogP contribution in [0.5, 0.6) is 0 Å². The second kappa shape index (κ2) is 6.26. The highest BCUT2D eigenvalue weighted by atomic mass is 32.1. The first-order valence-electron chi connectivity index (χ1n) is 6.20. The van der Waals surface area contributed by atoms with Crippen molar-refractivity contribution in [2.75, 3.05) is 0 Å². The fourth-order valence-corrected chi connectivity index (χ4v) is 2.68. The van der Waals surface area contributed by atoms with Gasteiger partial charge < -0.3 is 4.90 Å². The van der Waals surface area contributed by atoms with Gasteiger partial charge in [-0.05, 0) is 49.6 Å². The van der Waals surface area contributed by atoms with Crippen molar-refractivity contribution in [1.29, 1.82) is 0 Å². The molecule has 2 rings (SSSR count). The van der Waals surface area contributed by atoms with Gasteiger partial charge in [0.1, 0.15) is 0 Å². The zero-order valence-corrected chi connectivity index (χ0v) is 12.7. The maximum atomic E-state index is 12.5. The molecule has 0 N–H and O–H groups in total. The second-order valence-electron chi connectivity index (χ2n) is 4.65. The molecule has 100 valence electrons. The van der Waals surface area contributed by atoms with E-state index in [9.17, 15) is 4.79 Å². The normalized spacial score (nSPS) is 10.7. The molecule has 2 nitrogen and oxygen atoms in total. The quantitative estimate of drug-likeness (QED) is 0.841. The van der Waals surface area contributed by atoms with Crippen LogP contribution in [0.3, 0.4) is 0 Å². The molecule has 0 bridgehead atoms. The molecule has 0 saturated heterocycles. The number of benzene rings is 1. The molecule has 0 atom stereocenters. The topological polar surface area (TPSA) is 20.3 Å². The van der Waals surface area contributed by atoms with Crippen LogP contribution in [0.1, 0.15) is 29.1 Å². The van der Waals surface area contributed by atoms with Gasteiger partial charge in [-0.15, -0.1) is 24.0 Å². The molecule has 1 amide bonds. The van der Waals surface area contributed by atoms with Crippen LogP contribution >= 0.6 is 24.0 Å². The van der Waals surface area contributed by atoms with Gasteiger partial charge in [0.25, 0.3) is 5.91 Å². The van der Waals surface area contributed by atoms with Crippen LogP contribution in [0, 0.1) is 0 Å². The molecule has 1 heterocycles. The summed E-state index contributed by atoms with van der Waals surface area (Å²) in [4.78, 5) is 16.5. The van der Waals surface area contributed by atoms with Crippen LogP contribution in [0.2, 0.25) is 0 Å². The zero-order chi connectivity index (χ0) is 13.8. The summed E-state index contributed by atoms with van der Waals surface area (Å²) in [6.07, 6.45) is 0. The number of rotatable bonds is 4. The molecule has 0 radical (unpaired) electrons. The highest BCUT2D eigenvalue weighted by Crippen LogP contribution is 2.17. The lowest BCUT2D eigenvalue weighted by Gasteiger charge is -2.26. The molecule has 0 unspecified atom stereocenters. The third-order valence-electron chi connectivity index (χ3n) is 2.90. The van der Waals surface area contributed by atoms with E-state index in [1.165, 1.54) is 4.88 Å². The standard InChI is InChI=1S/C15H17NOS2/c1-11(2)16(10-14-4-3-9-19-14)15(17)12-5-7-13(18)8-6-12/h3-9,11,18H,10H2,1-2H3. The third-order valence-corrected chi connectivity index (χ3v) is 4.06. The molecule has 0 spiro atoms. The van der Waals surface area contributed by atoms with Crippen molar-refractivity contribution in [3.05, 3.63) is 52.2 Å². The zero-order valence-electron chi connectivity index (χ0n) is 11.0. The van der Waals surface area contributed by atoms with Gasteiger partial charge in [0.05, 0.1) is 6.54 Å². The van der Waals surface area contributed by atoms with Gasteiger partial charge in [0.15, 0.2) is 0 Å². The number of amides is 1. The Kier molecular flexibility index (Phi) is 4.66. The van der Waals surface area contributed by atoms with E-state index in [4.69, 9.17) is 0 Å². The van der Waals surface area contributed by atoms with Crippen molar-refractivity contribution < 1.29 is 4.79 Å². The molecular weight excluding hydrogens is 274 g/mol. The summed E-state index contributed by atoms with van der Waals surface area (Å²) in [5, 5.41) is 2.04. The smallest absolute Gasteiger partial charge is 0.254 e. The largest absolute Gasteiger partial charge is 0.331 e. The highest BCUT2D eigenvalue weighted by molar-refractivity contribution is 7.80. The van der Waals surface area contributed by atoms with Crippen LogP contribution in [-0.4, -0.2) is 16.8 Å². The Balaban J connectivity index is 2.19. The molecule has 4 heteroatoms. The first-order valence-corrected chi connectivity index (χ1v) is 7.53. The number of carbonyl (C=O) groups is 1. The Morgan fingerprint density at radius 2 is 1.95 bits per heavy atom. The van der Waals surface area contributed by atoms with Crippen molar-refractivity contribution in [2.45, 2.75) is 31.3 Å². The van der Waals surface area contributed by atoms with E-state index in [0.29, 0.717) is 12.1 Å². The van der Waals surface area contributed by atoms with Gasteiger partial charge in [-0.3, -0.25) is 4.79 Å². The molecule has 0 fully saturated rings. The van der Waals surface area contributed by atoms with Crippen LogP contribution in [0.25, 0.3) is 0 Å². The fourth-order valence-electron chi connectivity index (χ4n) is 1.83. The molecule has 19 heavy (non-hydrogen) atoms. The maximum Gasteiger partial charge on any atom is 0.254 e. The van der Waals surface area contributed by atoms with Crippen LogP contribution in [0.4, 0.5) is 0 Å². The number of thiophene rings is 1. The van der Waals surface area contributed by atoms with Crippen molar-refractivity contribution in [3.63, 3.8) is 0 Å². The average molecular weight is 291 g/mol. The summed E-state index contributed by atoms with van der Waals surface area (Å²) in [5.74, 6) is 0.0664. The number of thiol groups is 1. The molecular formula is C15H17NOS2. The number of carbonyl (C=O) groups excluding carboxylic acids is 1. The van der Waals surface area contributed by atoms with Crippen LogP contribution < -0.4 is 0 Å². The number of nitrogens with zero attached hydrogens (tertiary/aromatic N) is 1. The van der Waals surface area contributed by atoms with Crippen molar-refractivity contribution in [2.24, 2.45) is 0 Å². The third kappa shape index (κ3) is 3.61. The molecule has 0 aliphatic rings. The minimum absolute atomic E-state index is 0.0664. The van der Waals surface area contributed by atoms with Gasteiger partial charge in [0.2, 0.25) is 0 Å². The van der Waals surface area contributed by atoms with Gasteiger partial charge in [-0.1, -0.05) is 6.07 Å². The number of hydrogen-bond acceptors (Lipinski definition) is 3. The van der Waals surface area contributed by atoms with Crippen molar-refractivity contribution >= 4 is 29.9 Å². The summed E-state index contributed by atoms with van der Waals surface area (Å²) >= 11 is 5.92.